The Bertz CT molecular complexity index is 813. The molecule has 1 aromatic carbocycles. The molecule has 0 unspecified atom stereocenters. The summed E-state index contributed by atoms with van der Waals surface area (Å²) >= 11 is 0. The summed E-state index contributed by atoms with van der Waals surface area (Å²) in [6.45, 7) is 9.51. The maximum absolute atomic E-state index is 9.50. The van der Waals surface area contributed by atoms with Crippen LogP contribution in [0, 0.1) is 0 Å². The van der Waals surface area contributed by atoms with Crippen molar-refractivity contribution in [2.75, 3.05) is 41.3 Å². The van der Waals surface area contributed by atoms with Crippen molar-refractivity contribution in [3.8, 4) is 0 Å². The molecular weight excluding hydrogens is 572 g/mol. The highest BCUT2D eigenvalue weighted by atomic mass is 16.4. The van der Waals surface area contributed by atoms with Gasteiger partial charge in [-0.15, -0.1) is 0 Å². The maximum Gasteiger partial charge on any atom is 0.104 e. The van der Waals surface area contributed by atoms with Gasteiger partial charge in [-0.1, -0.05) is 141 Å². The van der Waals surface area contributed by atoms with E-state index in [4.69, 9.17) is 0 Å². The van der Waals surface area contributed by atoms with Gasteiger partial charge in [0.05, 0.1) is 41.3 Å². The van der Waals surface area contributed by atoms with E-state index in [1.807, 2.05) is 0 Å². The number of hydrogen-bond donors (Lipinski definition) is 0. The Morgan fingerprint density at radius 1 is 0.478 bits per heavy atom. The molecule has 46 heavy (non-hydrogen) atoms. The van der Waals surface area contributed by atoms with Crippen LogP contribution in [-0.4, -0.2) is 62.2 Å². The van der Waals surface area contributed by atoms with Crippen molar-refractivity contribution < 1.29 is 28.8 Å². The number of unbranched alkanes of at least 4 members (excludes halogenated alkanes) is 18. The molecule has 0 saturated heterocycles. The van der Waals surface area contributed by atoms with Gasteiger partial charge in [0.15, 0.2) is 0 Å². The first-order chi connectivity index (χ1) is 21.9. The van der Waals surface area contributed by atoms with Crippen molar-refractivity contribution in [1.29, 1.82) is 0 Å². The predicted molar refractivity (Wildman–Crippen MR) is 191 cm³/mol. The molecule has 0 saturated carbocycles. The monoisotopic (exact) mass is 647 g/mol. The van der Waals surface area contributed by atoms with Gasteiger partial charge in [0.1, 0.15) is 13.1 Å². The summed E-state index contributed by atoms with van der Waals surface area (Å²) in [5.41, 5.74) is 3.14. The summed E-state index contributed by atoms with van der Waals surface area (Å²) in [5.74, 6) is -2.73. The summed E-state index contributed by atoms with van der Waals surface area (Å²) < 4.78 is 2.22. The molecule has 0 aliphatic carbocycles. The van der Waals surface area contributed by atoms with Crippen LogP contribution in [0.5, 0.6) is 0 Å². The molecule has 1 rings (SSSR count). The molecule has 0 bridgehead atoms. The SMILES string of the molecule is CCCCCCCCCCCC[N+](C)(C)Cc1ccccc1C[N+](C)(C)CCCCCCCCCCCC.O=C([O-])CCC(=O)[O-]. The Kier molecular flexibility index (Phi) is 27.0. The number of nitrogens with zero attached hydrogens (tertiary/aromatic N) is 2. The third kappa shape index (κ3) is 28.3. The number of carboxylic acid groups (broad SMARTS) is 2. The Morgan fingerprint density at radius 2 is 0.739 bits per heavy atom. The van der Waals surface area contributed by atoms with Crippen LogP contribution in [-0.2, 0) is 22.7 Å². The van der Waals surface area contributed by atoms with Gasteiger partial charge in [-0.2, -0.15) is 0 Å². The molecule has 0 aliphatic rings. The van der Waals surface area contributed by atoms with Crippen LogP contribution in [0.1, 0.15) is 166 Å². The van der Waals surface area contributed by atoms with Crippen molar-refractivity contribution >= 4 is 11.9 Å². The molecule has 6 heteroatoms. The quantitative estimate of drug-likeness (QED) is 0.0654. The lowest BCUT2D eigenvalue weighted by molar-refractivity contribution is -0.907. The Labute approximate surface area is 285 Å². The second kappa shape index (κ2) is 28.1. The van der Waals surface area contributed by atoms with Gasteiger partial charge in [-0.3, -0.25) is 0 Å². The average molecular weight is 647 g/mol. The zero-order valence-electron chi connectivity index (χ0n) is 31.2. The van der Waals surface area contributed by atoms with Gasteiger partial charge in [-0.05, 0) is 38.5 Å². The molecule has 0 spiro atoms. The highest BCUT2D eigenvalue weighted by Crippen LogP contribution is 2.21. The van der Waals surface area contributed by atoms with E-state index in [-0.39, 0.29) is 0 Å². The molecule has 0 heterocycles. The normalized spacial score (nSPS) is 11.7. The van der Waals surface area contributed by atoms with Gasteiger partial charge < -0.3 is 28.8 Å². The number of aliphatic carboxylic acids is 2. The molecule has 6 nitrogen and oxygen atoms in total. The summed E-state index contributed by atoms with van der Waals surface area (Å²) in [6, 6.07) is 9.30. The number of carbonyl (C=O) groups is 2. The minimum absolute atomic E-state index is 0.470. The molecule has 0 radical (unpaired) electrons. The Morgan fingerprint density at radius 3 is 1.00 bits per heavy atom. The van der Waals surface area contributed by atoms with Crippen LogP contribution < -0.4 is 10.2 Å². The van der Waals surface area contributed by atoms with Crippen molar-refractivity contribution in [2.24, 2.45) is 0 Å². The van der Waals surface area contributed by atoms with Gasteiger partial charge in [-0.25, -0.2) is 0 Å². The van der Waals surface area contributed by atoms with Gasteiger partial charge in [0, 0.05) is 23.1 Å². The molecule has 0 aliphatic heterocycles. The third-order valence-corrected chi connectivity index (χ3v) is 9.08. The van der Waals surface area contributed by atoms with Crippen LogP contribution in [0.2, 0.25) is 0 Å². The second-order valence-electron chi connectivity index (χ2n) is 15.0. The molecule has 1 aromatic rings. The van der Waals surface area contributed by atoms with E-state index in [0.29, 0.717) is 0 Å². The van der Waals surface area contributed by atoms with E-state index in [9.17, 15) is 19.8 Å². The molecule has 0 atom stereocenters. The van der Waals surface area contributed by atoms with Crippen LogP contribution in [0.4, 0.5) is 0 Å². The highest BCUT2D eigenvalue weighted by molar-refractivity contribution is 5.72. The first-order valence-electron chi connectivity index (χ1n) is 19.0. The lowest BCUT2D eigenvalue weighted by Gasteiger charge is -2.33. The molecular formula is C40H74N2O4. The van der Waals surface area contributed by atoms with E-state index in [1.54, 1.807) is 11.1 Å². The van der Waals surface area contributed by atoms with E-state index < -0.39 is 24.8 Å². The fraction of sp³-hybridized carbons (Fsp3) is 0.800. The third-order valence-electron chi connectivity index (χ3n) is 9.08. The second-order valence-corrected chi connectivity index (χ2v) is 15.0. The number of carboxylic acids is 2. The number of carbonyl (C=O) groups excluding carboxylic acids is 2. The van der Waals surface area contributed by atoms with Crippen LogP contribution in [0.15, 0.2) is 24.3 Å². The lowest BCUT2D eigenvalue weighted by Crippen LogP contribution is -2.42. The van der Waals surface area contributed by atoms with Gasteiger partial charge in [0.25, 0.3) is 0 Å². The molecule has 0 N–H and O–H groups in total. The number of rotatable bonds is 29. The molecule has 0 fully saturated rings. The summed E-state index contributed by atoms with van der Waals surface area (Å²) in [4.78, 5) is 19.0. The standard InChI is InChI=1S/C36H70N2.C4H6O4/c1-7-9-11-13-15-17-19-21-23-27-31-37(3,4)33-35-29-25-26-30-36(35)34-38(5,6)32-28-24-22-20-18-16-14-12-10-8-2;5-3(6)1-2-4(7)8/h25-26,29-30H,7-24,27-28,31-34H2,1-6H3;1-2H2,(H,5,6)(H,7,8)/q+2;/p-2. The molecule has 268 valence electrons. The Balaban J connectivity index is 0.00000222. The van der Waals surface area contributed by atoms with Crippen LogP contribution >= 0.6 is 0 Å². The van der Waals surface area contributed by atoms with E-state index in [2.05, 4.69) is 66.3 Å². The van der Waals surface area contributed by atoms with Crippen LogP contribution in [0.25, 0.3) is 0 Å². The maximum atomic E-state index is 9.50. The van der Waals surface area contributed by atoms with E-state index >= 15 is 0 Å². The van der Waals surface area contributed by atoms with Crippen LogP contribution in [0.3, 0.4) is 0 Å². The summed E-state index contributed by atoms with van der Waals surface area (Å²) in [6.07, 6.45) is 27.5. The fourth-order valence-corrected chi connectivity index (χ4v) is 6.21. The molecule has 0 aromatic heterocycles. The van der Waals surface area contributed by atoms with E-state index in [1.165, 1.54) is 142 Å². The first-order valence-corrected chi connectivity index (χ1v) is 19.0. The largest absolute Gasteiger partial charge is 0.550 e. The summed E-state index contributed by atoms with van der Waals surface area (Å²) in [7, 11) is 9.76. The lowest BCUT2D eigenvalue weighted by atomic mass is 10.0. The molecule has 0 amide bonds. The minimum atomic E-state index is -1.37. The number of hydrogen-bond acceptors (Lipinski definition) is 4. The van der Waals surface area contributed by atoms with Crippen molar-refractivity contribution in [2.45, 2.75) is 168 Å². The number of quaternary nitrogens is 2. The first kappa shape index (κ1) is 44.1. The zero-order valence-corrected chi connectivity index (χ0v) is 31.2. The van der Waals surface area contributed by atoms with Gasteiger partial charge >= 0.3 is 0 Å². The smallest absolute Gasteiger partial charge is 0.104 e. The zero-order chi connectivity index (χ0) is 34.5. The average Bonchev–Trinajstić information content (AvgIpc) is 2.99. The van der Waals surface area contributed by atoms with E-state index in [0.717, 1.165) is 22.1 Å². The van der Waals surface area contributed by atoms with Crippen molar-refractivity contribution in [3.05, 3.63) is 35.4 Å². The van der Waals surface area contributed by atoms with Crippen molar-refractivity contribution in [3.63, 3.8) is 0 Å². The summed E-state index contributed by atoms with van der Waals surface area (Å²) in [5, 5.41) is 19.0. The topological polar surface area (TPSA) is 80.3 Å². The number of benzene rings is 1. The van der Waals surface area contributed by atoms with Crippen molar-refractivity contribution in [1.82, 2.24) is 0 Å². The Hall–Kier alpha value is -1.92. The highest BCUT2D eigenvalue weighted by Gasteiger charge is 2.22. The predicted octanol–water partition coefficient (Wildman–Crippen LogP) is 7.95. The minimum Gasteiger partial charge on any atom is -0.550 e. The van der Waals surface area contributed by atoms with Gasteiger partial charge in [0.2, 0.25) is 0 Å². The fourth-order valence-electron chi connectivity index (χ4n) is 6.21.